The molecule has 2 N–H and O–H groups in total. The minimum atomic E-state index is -0.322. The van der Waals surface area contributed by atoms with Crippen LogP contribution in [0.5, 0.6) is 0 Å². The Hall–Kier alpha value is -0.940. The van der Waals surface area contributed by atoms with E-state index in [9.17, 15) is 5.11 Å². The highest BCUT2D eigenvalue weighted by Crippen LogP contribution is 2.06. The van der Waals surface area contributed by atoms with Crippen molar-refractivity contribution in [3.8, 4) is 0 Å². The fourth-order valence-electron chi connectivity index (χ4n) is 2.22. The Kier molecular flexibility index (Phi) is 8.46. The van der Waals surface area contributed by atoms with Crippen LogP contribution < -0.4 is 5.32 Å². The summed E-state index contributed by atoms with van der Waals surface area (Å²) in [4.78, 5) is 2.23. The van der Waals surface area contributed by atoms with E-state index >= 15 is 0 Å². The van der Waals surface area contributed by atoms with Crippen molar-refractivity contribution in [1.29, 1.82) is 0 Å². The maximum Gasteiger partial charge on any atom is 0.0791 e. The fourth-order valence-corrected chi connectivity index (χ4v) is 2.22. The minimum Gasteiger partial charge on any atom is -0.390 e. The van der Waals surface area contributed by atoms with Crippen LogP contribution in [0, 0.1) is 0 Å². The van der Waals surface area contributed by atoms with E-state index in [4.69, 9.17) is 4.74 Å². The summed E-state index contributed by atoms with van der Waals surface area (Å²) in [6.45, 7) is 8.94. The quantitative estimate of drug-likeness (QED) is 0.684. The van der Waals surface area contributed by atoms with Crippen LogP contribution in [0.1, 0.15) is 25.0 Å². The third-order valence-corrected chi connectivity index (χ3v) is 3.37. The highest BCUT2D eigenvalue weighted by molar-refractivity contribution is 5.22. The molecule has 0 aliphatic heterocycles. The van der Waals surface area contributed by atoms with E-state index < -0.39 is 0 Å². The second-order valence-corrected chi connectivity index (χ2v) is 5.02. The molecule has 0 bridgehead atoms. The summed E-state index contributed by atoms with van der Waals surface area (Å²) in [6.07, 6.45) is -0.322. The molecule has 114 valence electrons. The first-order valence-electron chi connectivity index (χ1n) is 7.37. The Morgan fingerprint density at radius 3 is 2.60 bits per heavy atom. The van der Waals surface area contributed by atoms with Crippen LogP contribution in [0.2, 0.25) is 0 Å². The second kappa shape index (κ2) is 9.88. The number of aliphatic hydroxyl groups excluding tert-OH is 1. The molecule has 0 aliphatic rings. The van der Waals surface area contributed by atoms with Crippen LogP contribution in [0.25, 0.3) is 0 Å². The van der Waals surface area contributed by atoms with Crippen molar-refractivity contribution in [1.82, 2.24) is 10.2 Å². The monoisotopic (exact) mass is 280 g/mol. The van der Waals surface area contributed by atoms with Gasteiger partial charge in [-0.25, -0.2) is 0 Å². The summed E-state index contributed by atoms with van der Waals surface area (Å²) < 4.78 is 5.13. The number of nitrogens with one attached hydrogen (secondary N) is 1. The zero-order valence-electron chi connectivity index (χ0n) is 12.9. The number of hydrogen-bond donors (Lipinski definition) is 2. The van der Waals surface area contributed by atoms with Gasteiger partial charge in [0, 0.05) is 26.7 Å². The number of likely N-dealkylation sites (N-methyl/N-ethyl adjacent to an activating group) is 1. The van der Waals surface area contributed by atoms with Crippen molar-refractivity contribution in [3.63, 3.8) is 0 Å². The van der Waals surface area contributed by atoms with Crippen molar-refractivity contribution in [2.45, 2.75) is 33.1 Å². The summed E-state index contributed by atoms with van der Waals surface area (Å²) in [5, 5.41) is 13.3. The molecule has 0 spiro atoms. The lowest BCUT2D eigenvalue weighted by Crippen LogP contribution is -2.38. The van der Waals surface area contributed by atoms with Crippen molar-refractivity contribution < 1.29 is 9.84 Å². The van der Waals surface area contributed by atoms with Gasteiger partial charge in [-0.05, 0) is 24.2 Å². The van der Waals surface area contributed by atoms with E-state index in [0.717, 1.165) is 26.2 Å². The average Bonchev–Trinajstić information content (AvgIpc) is 2.45. The van der Waals surface area contributed by atoms with Gasteiger partial charge in [-0.3, -0.25) is 0 Å². The summed E-state index contributed by atoms with van der Waals surface area (Å²) >= 11 is 0. The Labute approximate surface area is 122 Å². The van der Waals surface area contributed by atoms with Gasteiger partial charge in [0.1, 0.15) is 0 Å². The molecular weight excluding hydrogens is 252 g/mol. The molecule has 20 heavy (non-hydrogen) atoms. The zero-order valence-corrected chi connectivity index (χ0v) is 12.9. The third-order valence-electron chi connectivity index (χ3n) is 3.37. The van der Waals surface area contributed by atoms with Gasteiger partial charge in [0.05, 0.1) is 12.7 Å². The Bertz CT molecular complexity index is 367. The molecule has 0 heterocycles. The smallest absolute Gasteiger partial charge is 0.0791 e. The van der Waals surface area contributed by atoms with Gasteiger partial charge in [0.2, 0.25) is 0 Å². The summed E-state index contributed by atoms with van der Waals surface area (Å²) in [5.41, 5.74) is 2.39. The molecule has 1 aromatic carbocycles. The molecule has 4 nitrogen and oxygen atoms in total. The van der Waals surface area contributed by atoms with Gasteiger partial charge < -0.3 is 20.1 Å². The summed E-state index contributed by atoms with van der Waals surface area (Å²) in [5.74, 6) is 0. The molecule has 0 radical (unpaired) electrons. The van der Waals surface area contributed by atoms with Crippen LogP contribution in [-0.4, -0.2) is 49.4 Å². The molecule has 0 amide bonds. The highest BCUT2D eigenvalue weighted by Gasteiger charge is 2.08. The molecule has 0 aliphatic carbocycles. The van der Waals surface area contributed by atoms with E-state index in [1.807, 2.05) is 6.07 Å². The lowest BCUT2D eigenvalue weighted by atomic mass is 10.1. The number of ether oxygens (including phenoxy) is 1. The normalized spacial score (nSPS) is 12.8. The van der Waals surface area contributed by atoms with Crippen LogP contribution in [-0.2, 0) is 17.9 Å². The van der Waals surface area contributed by atoms with E-state index in [1.165, 1.54) is 11.1 Å². The number of methoxy groups -OCH3 is 1. The lowest BCUT2D eigenvalue weighted by Gasteiger charge is -2.22. The predicted molar refractivity (Wildman–Crippen MR) is 82.7 cm³/mol. The van der Waals surface area contributed by atoms with Crippen molar-refractivity contribution in [2.24, 2.45) is 0 Å². The topological polar surface area (TPSA) is 44.7 Å². The number of benzene rings is 1. The van der Waals surface area contributed by atoms with E-state index in [-0.39, 0.29) is 6.10 Å². The number of aliphatic hydroxyl groups is 1. The van der Waals surface area contributed by atoms with E-state index in [1.54, 1.807) is 7.11 Å². The predicted octanol–water partition coefficient (Wildman–Crippen LogP) is 1.63. The summed E-state index contributed by atoms with van der Waals surface area (Å²) in [7, 11) is 1.70. The van der Waals surface area contributed by atoms with Crippen LogP contribution in [0.15, 0.2) is 24.3 Å². The van der Waals surface area contributed by atoms with Crippen LogP contribution in [0.4, 0.5) is 0 Å². The van der Waals surface area contributed by atoms with Crippen molar-refractivity contribution in [2.75, 3.05) is 33.3 Å². The molecule has 0 aromatic heterocycles. The molecule has 0 fully saturated rings. The van der Waals surface area contributed by atoms with E-state index in [2.05, 4.69) is 42.3 Å². The van der Waals surface area contributed by atoms with Gasteiger partial charge in [0.25, 0.3) is 0 Å². The molecule has 1 unspecified atom stereocenters. The maximum absolute atomic E-state index is 9.97. The SMILES string of the molecule is CCN(CC)CC(O)CNCc1cccc(COC)c1. The average molecular weight is 280 g/mol. The van der Waals surface area contributed by atoms with Crippen LogP contribution in [0.3, 0.4) is 0 Å². The van der Waals surface area contributed by atoms with Crippen molar-refractivity contribution in [3.05, 3.63) is 35.4 Å². The molecule has 0 saturated heterocycles. The van der Waals surface area contributed by atoms with Crippen molar-refractivity contribution >= 4 is 0 Å². The standard InChI is InChI=1S/C16H28N2O2/c1-4-18(5-2)12-16(19)11-17-10-14-7-6-8-15(9-14)13-20-3/h6-9,16-17,19H,4-5,10-13H2,1-3H3. The number of nitrogens with zero attached hydrogens (tertiary/aromatic N) is 1. The summed E-state index contributed by atoms with van der Waals surface area (Å²) in [6, 6.07) is 8.32. The molecule has 1 aromatic rings. The maximum atomic E-state index is 9.97. The zero-order chi connectivity index (χ0) is 14.8. The van der Waals surface area contributed by atoms with Gasteiger partial charge in [-0.2, -0.15) is 0 Å². The van der Waals surface area contributed by atoms with Gasteiger partial charge in [0.15, 0.2) is 0 Å². The molecule has 4 heteroatoms. The van der Waals surface area contributed by atoms with Crippen LogP contribution >= 0.6 is 0 Å². The second-order valence-electron chi connectivity index (χ2n) is 5.02. The largest absolute Gasteiger partial charge is 0.390 e. The fraction of sp³-hybridized carbons (Fsp3) is 0.625. The van der Waals surface area contributed by atoms with Gasteiger partial charge >= 0.3 is 0 Å². The first kappa shape index (κ1) is 17.1. The number of rotatable bonds is 10. The molecular formula is C16H28N2O2. The molecule has 1 atom stereocenters. The first-order valence-corrected chi connectivity index (χ1v) is 7.37. The Morgan fingerprint density at radius 2 is 1.95 bits per heavy atom. The molecule has 0 saturated carbocycles. The highest BCUT2D eigenvalue weighted by atomic mass is 16.5. The van der Waals surface area contributed by atoms with Gasteiger partial charge in [-0.15, -0.1) is 0 Å². The minimum absolute atomic E-state index is 0.322. The van der Waals surface area contributed by atoms with Gasteiger partial charge in [-0.1, -0.05) is 38.1 Å². The van der Waals surface area contributed by atoms with E-state index in [0.29, 0.717) is 13.2 Å². The third kappa shape index (κ3) is 6.48. The number of hydrogen-bond acceptors (Lipinski definition) is 4. The first-order chi connectivity index (χ1) is 9.69. The Balaban J connectivity index is 2.31. The Morgan fingerprint density at radius 1 is 1.25 bits per heavy atom. The molecule has 1 rings (SSSR count). The lowest BCUT2D eigenvalue weighted by molar-refractivity contribution is 0.116.